The van der Waals surface area contributed by atoms with Crippen molar-refractivity contribution in [3.8, 4) is 0 Å². The molecule has 0 aliphatic heterocycles. The van der Waals surface area contributed by atoms with Crippen LogP contribution < -0.4 is 0 Å². The molecule has 74 valence electrons. The largest absolute Gasteiger partial charge is 0.379 e. The van der Waals surface area contributed by atoms with Gasteiger partial charge in [-0.15, -0.1) is 0 Å². The van der Waals surface area contributed by atoms with Crippen LogP contribution in [0.2, 0.25) is 0 Å². The second-order valence-corrected chi connectivity index (χ2v) is 2.97. The molecule has 0 aromatic carbocycles. The van der Waals surface area contributed by atoms with Gasteiger partial charge in [-0.3, -0.25) is 0 Å². The molecular formula is C9H20O3. The highest BCUT2D eigenvalue weighted by Crippen LogP contribution is 1.97. The summed E-state index contributed by atoms with van der Waals surface area (Å²) in [6.45, 7) is 6.95. The third-order valence-electron chi connectivity index (χ3n) is 1.42. The molecule has 1 N–H and O–H groups in total. The van der Waals surface area contributed by atoms with Gasteiger partial charge >= 0.3 is 0 Å². The molecule has 0 aromatic heterocycles. The molecule has 0 amide bonds. The first-order valence-corrected chi connectivity index (χ1v) is 4.58. The number of aliphatic hydroxyl groups excluding tert-OH is 1. The highest BCUT2D eigenvalue weighted by Gasteiger charge is 2.04. The van der Waals surface area contributed by atoms with Gasteiger partial charge in [0.05, 0.1) is 12.7 Å². The Morgan fingerprint density at radius 2 is 2.00 bits per heavy atom. The molecule has 0 aliphatic carbocycles. The van der Waals surface area contributed by atoms with Gasteiger partial charge in [0, 0.05) is 6.61 Å². The lowest BCUT2D eigenvalue weighted by Gasteiger charge is -2.14. The Morgan fingerprint density at radius 3 is 2.50 bits per heavy atom. The minimum atomic E-state index is -0.699. The molecule has 0 saturated heterocycles. The van der Waals surface area contributed by atoms with Crippen LogP contribution in [0.15, 0.2) is 0 Å². The van der Waals surface area contributed by atoms with Crippen LogP contribution in [0.4, 0.5) is 0 Å². The summed E-state index contributed by atoms with van der Waals surface area (Å²) in [5.74, 6) is 0. The number of unbranched alkanes of at least 4 members (excludes halogenated alkanes) is 1. The second-order valence-electron chi connectivity index (χ2n) is 2.97. The van der Waals surface area contributed by atoms with Gasteiger partial charge in [-0.05, 0) is 20.3 Å². The topological polar surface area (TPSA) is 38.7 Å². The zero-order valence-corrected chi connectivity index (χ0v) is 8.25. The first kappa shape index (κ1) is 11.9. The summed E-state index contributed by atoms with van der Waals surface area (Å²) in [6.07, 6.45) is 1.50. The minimum Gasteiger partial charge on any atom is -0.379 e. The highest BCUT2D eigenvalue weighted by atomic mass is 16.6. The highest BCUT2D eigenvalue weighted by molar-refractivity contribution is 4.47. The summed E-state index contributed by atoms with van der Waals surface area (Å²) in [6, 6.07) is 0. The summed E-state index contributed by atoms with van der Waals surface area (Å²) < 4.78 is 10.4. The fraction of sp³-hybridized carbons (Fsp3) is 1.00. The Kier molecular flexibility index (Phi) is 7.45. The Labute approximate surface area is 74.7 Å². The van der Waals surface area contributed by atoms with E-state index >= 15 is 0 Å². The van der Waals surface area contributed by atoms with Crippen molar-refractivity contribution in [2.75, 3.05) is 13.2 Å². The van der Waals surface area contributed by atoms with Crippen LogP contribution in [0.3, 0.4) is 0 Å². The van der Waals surface area contributed by atoms with Crippen molar-refractivity contribution in [3.05, 3.63) is 0 Å². The van der Waals surface area contributed by atoms with Gasteiger partial charge < -0.3 is 14.6 Å². The predicted molar refractivity (Wildman–Crippen MR) is 48.0 cm³/mol. The van der Waals surface area contributed by atoms with Gasteiger partial charge in [-0.1, -0.05) is 13.3 Å². The summed E-state index contributed by atoms with van der Waals surface area (Å²) in [7, 11) is 0. The molecule has 3 heteroatoms. The lowest BCUT2D eigenvalue weighted by atomic mass is 10.3. The molecule has 0 bridgehead atoms. The van der Waals surface area contributed by atoms with Crippen molar-refractivity contribution in [2.24, 2.45) is 0 Å². The van der Waals surface area contributed by atoms with E-state index in [1.165, 1.54) is 0 Å². The number of aliphatic hydroxyl groups is 1. The number of hydrogen-bond donors (Lipinski definition) is 1. The van der Waals surface area contributed by atoms with E-state index in [4.69, 9.17) is 14.6 Å². The van der Waals surface area contributed by atoms with Gasteiger partial charge in [-0.2, -0.15) is 0 Å². The Morgan fingerprint density at radius 1 is 1.33 bits per heavy atom. The average Bonchev–Trinajstić information content (AvgIpc) is 1.97. The van der Waals surface area contributed by atoms with E-state index in [-0.39, 0.29) is 6.10 Å². The molecule has 2 atom stereocenters. The molecular weight excluding hydrogens is 156 g/mol. The van der Waals surface area contributed by atoms with Crippen LogP contribution in [-0.2, 0) is 9.47 Å². The molecule has 0 spiro atoms. The zero-order valence-electron chi connectivity index (χ0n) is 8.25. The van der Waals surface area contributed by atoms with Gasteiger partial charge in [0.15, 0.2) is 6.29 Å². The smallest absolute Gasteiger partial charge is 0.152 e. The third kappa shape index (κ3) is 7.98. The van der Waals surface area contributed by atoms with Crippen molar-refractivity contribution in [1.29, 1.82) is 0 Å². The number of hydrogen-bond acceptors (Lipinski definition) is 3. The third-order valence-corrected chi connectivity index (χ3v) is 1.42. The number of rotatable bonds is 7. The van der Waals surface area contributed by atoms with Crippen LogP contribution in [0, 0.1) is 0 Å². The maximum Gasteiger partial charge on any atom is 0.152 e. The SMILES string of the molecule is CCCCOCC(C)OC(C)O. The van der Waals surface area contributed by atoms with E-state index in [2.05, 4.69) is 6.92 Å². The van der Waals surface area contributed by atoms with Crippen LogP contribution in [0.5, 0.6) is 0 Å². The van der Waals surface area contributed by atoms with Crippen LogP contribution >= 0.6 is 0 Å². The number of ether oxygens (including phenoxy) is 2. The summed E-state index contributed by atoms with van der Waals surface area (Å²) in [4.78, 5) is 0. The van der Waals surface area contributed by atoms with E-state index < -0.39 is 6.29 Å². The van der Waals surface area contributed by atoms with Crippen molar-refractivity contribution in [1.82, 2.24) is 0 Å². The first-order chi connectivity index (χ1) is 5.66. The predicted octanol–water partition coefficient (Wildman–Crippen LogP) is 1.55. The van der Waals surface area contributed by atoms with Crippen LogP contribution in [-0.4, -0.2) is 30.7 Å². The standard InChI is InChI=1S/C9H20O3/c1-4-5-6-11-7-8(2)12-9(3)10/h8-10H,4-7H2,1-3H3. The fourth-order valence-electron chi connectivity index (χ4n) is 0.871. The molecule has 0 aromatic rings. The summed E-state index contributed by atoms with van der Waals surface area (Å²) >= 11 is 0. The molecule has 12 heavy (non-hydrogen) atoms. The second kappa shape index (κ2) is 7.53. The zero-order chi connectivity index (χ0) is 9.40. The molecule has 0 radical (unpaired) electrons. The quantitative estimate of drug-likeness (QED) is 0.472. The van der Waals surface area contributed by atoms with Crippen molar-refractivity contribution in [2.45, 2.75) is 46.0 Å². The van der Waals surface area contributed by atoms with Gasteiger partial charge in [0.2, 0.25) is 0 Å². The Balaban J connectivity index is 3.14. The van der Waals surface area contributed by atoms with Gasteiger partial charge in [0.25, 0.3) is 0 Å². The Hall–Kier alpha value is -0.120. The lowest BCUT2D eigenvalue weighted by molar-refractivity contribution is -0.135. The minimum absolute atomic E-state index is 0.0261. The molecule has 0 aliphatic rings. The molecule has 0 rings (SSSR count). The maximum atomic E-state index is 8.85. The molecule has 3 nitrogen and oxygen atoms in total. The lowest BCUT2D eigenvalue weighted by Crippen LogP contribution is -2.21. The normalized spacial score (nSPS) is 16.0. The van der Waals surface area contributed by atoms with Gasteiger partial charge in [0.1, 0.15) is 0 Å². The van der Waals surface area contributed by atoms with E-state index in [0.717, 1.165) is 19.4 Å². The summed E-state index contributed by atoms with van der Waals surface area (Å²) in [5.41, 5.74) is 0. The van der Waals surface area contributed by atoms with E-state index in [0.29, 0.717) is 6.61 Å². The van der Waals surface area contributed by atoms with Crippen LogP contribution in [0.25, 0.3) is 0 Å². The molecule has 0 saturated carbocycles. The van der Waals surface area contributed by atoms with Crippen molar-refractivity contribution >= 4 is 0 Å². The fourth-order valence-corrected chi connectivity index (χ4v) is 0.871. The van der Waals surface area contributed by atoms with Crippen LogP contribution in [0.1, 0.15) is 33.6 Å². The maximum absolute atomic E-state index is 8.85. The monoisotopic (exact) mass is 176 g/mol. The van der Waals surface area contributed by atoms with Gasteiger partial charge in [-0.25, -0.2) is 0 Å². The van der Waals surface area contributed by atoms with Crippen molar-refractivity contribution < 1.29 is 14.6 Å². The van der Waals surface area contributed by atoms with E-state index in [9.17, 15) is 0 Å². The summed E-state index contributed by atoms with van der Waals surface area (Å²) in [5, 5.41) is 8.85. The average molecular weight is 176 g/mol. The Bertz CT molecular complexity index is 93.8. The van der Waals surface area contributed by atoms with E-state index in [1.807, 2.05) is 6.92 Å². The molecule has 2 unspecified atom stereocenters. The molecule has 0 fully saturated rings. The first-order valence-electron chi connectivity index (χ1n) is 4.58. The van der Waals surface area contributed by atoms with Crippen molar-refractivity contribution in [3.63, 3.8) is 0 Å². The molecule has 0 heterocycles. The van der Waals surface area contributed by atoms with E-state index in [1.54, 1.807) is 6.92 Å².